The fraction of sp³-hybridized carbons (Fsp3) is 0.136. The van der Waals surface area contributed by atoms with Gasteiger partial charge in [0, 0.05) is 29.8 Å². The summed E-state index contributed by atoms with van der Waals surface area (Å²) in [5.41, 5.74) is 12.7. The Morgan fingerprint density at radius 2 is 0.524 bits per heavy atom. The van der Waals surface area contributed by atoms with Crippen molar-refractivity contribution in [3.63, 3.8) is 0 Å². The second-order valence-electron chi connectivity index (χ2n) is 31.3. The number of nitrogens with zero attached hydrogens (tertiary/aromatic N) is 1. The molecule has 30 aromatic rings. The van der Waals surface area contributed by atoms with Gasteiger partial charge in [-0.1, -0.05) is 69.3 Å². The molecular weight excluding hydrogens is 987 g/mol. The molecule has 0 saturated carbocycles. The molecule has 0 aromatic heterocycles. The van der Waals surface area contributed by atoms with Crippen LogP contribution in [0.4, 0.5) is 0 Å². The minimum Gasteiger partial charge on any atom is -0.297 e. The second kappa shape index (κ2) is 7.74. The monoisotopic (exact) mass is 1010 g/mol. The van der Waals surface area contributed by atoms with Crippen LogP contribution in [0.3, 0.4) is 0 Å². The Balaban J connectivity index is 1.03. The second-order valence-corrected chi connectivity index (χ2v) is 31.3. The Morgan fingerprint density at radius 1 is 0.293 bits per heavy atom. The maximum absolute atomic E-state index is 3.03. The molecule has 2 aliphatic heterocycles. The number of fused-ring (bicyclic) bond motifs is 2. The molecule has 0 radical (unpaired) electrons. The number of rotatable bonds is 1. The largest absolute Gasteiger partial charge is 0.297 e. The van der Waals surface area contributed by atoms with Gasteiger partial charge in [0.25, 0.3) is 0 Å². The van der Waals surface area contributed by atoms with Crippen LogP contribution in [0.5, 0.6) is 0 Å². The number of hydrogen-bond donors (Lipinski definition) is 0. The quantitative estimate of drug-likeness (QED) is 0.148. The molecule has 1 fully saturated rings. The minimum atomic E-state index is -0.383. The highest BCUT2D eigenvalue weighted by Crippen LogP contribution is 2.89. The molecule has 0 amide bonds. The Labute approximate surface area is 454 Å². The van der Waals surface area contributed by atoms with E-state index in [9.17, 15) is 0 Å². The van der Waals surface area contributed by atoms with E-state index in [0.29, 0.717) is 0 Å². The van der Waals surface area contributed by atoms with Gasteiger partial charge >= 0.3 is 0 Å². The SMILES string of the molecule is CN1C[C@H](c2ccc(C(C)(C)C)cc2)[C@H]2c3ccccc3[C@@H]1C13c4c5c6c7c8c9c(c%10c%11c1c1c4c4c%12c5c5c6c6c8c8c%13c9c9c%10c%10c%11c%11c1c1c4c4c%12c%12c5c5c6c8c6c8c%13c9c9c%10c%10c%11c1c1c4c4c%12c5c6c5c8c9c%10c1c45)C723. The van der Waals surface area contributed by atoms with Gasteiger partial charge in [-0.3, -0.25) is 4.90 Å². The van der Waals surface area contributed by atoms with Crippen molar-refractivity contribution < 1.29 is 0 Å². The van der Waals surface area contributed by atoms with E-state index in [-0.39, 0.29) is 34.1 Å². The standard InChI is InChI=1S/C81H25N/c1-79(2,3)15-11-9-14(10-12-15)18-13-82(4)78-17-8-6-5-7-16(17)73(18)80-74-65-57-47-37-29-21-19-20-23-27-25(21)33-41-35(27)45-39-31(23)32-24(20)28-26-22(19)30(29)38-44-34(26)42-36(28)46-40(32)50-49(39)59-53(45)63-55(41)61(51(57)43(33)37)67(74)69(63)76-71(59)72-60(50)54(46)64-56(42)62-52(44)58(48(38)47)66(65)75(80)68(62)70(64)77(72)81(76,78)80/h5-12,18,73,78H,13H2,1-4H3/t18-,73-,78-,80?,81?/m1/s1. The Hall–Kier alpha value is -9.14. The third-order valence-corrected chi connectivity index (χ3v) is 29.5. The smallest absolute Gasteiger partial charge is 0.0568 e. The van der Waals surface area contributed by atoms with Crippen molar-refractivity contribution in [2.24, 2.45) is 0 Å². The van der Waals surface area contributed by atoms with Crippen LogP contribution in [-0.4, -0.2) is 18.5 Å². The Kier molecular flexibility index (Phi) is 3.11. The average Bonchev–Trinajstić information content (AvgIpc) is 1.39. The van der Waals surface area contributed by atoms with Gasteiger partial charge in [-0.2, -0.15) is 0 Å². The summed E-state index contributed by atoms with van der Waals surface area (Å²) in [6, 6.07) is 20.8. The highest BCUT2D eigenvalue weighted by atomic mass is 15.2. The van der Waals surface area contributed by atoms with Gasteiger partial charge in [-0.25, -0.2) is 0 Å². The molecule has 2 heterocycles. The lowest BCUT2D eigenvalue weighted by Gasteiger charge is -2.63. The molecule has 5 aliphatic carbocycles. The normalized spacial score (nSPS) is 24.7. The van der Waals surface area contributed by atoms with E-state index >= 15 is 0 Å². The fourth-order valence-electron chi connectivity index (χ4n) is 29.1. The first-order valence-corrected chi connectivity index (χ1v) is 31.1. The van der Waals surface area contributed by atoms with Crippen LogP contribution in [0.2, 0.25) is 0 Å². The lowest BCUT2D eigenvalue weighted by molar-refractivity contribution is 0.134. The van der Waals surface area contributed by atoms with Gasteiger partial charge in [-0.15, -0.1) is 0 Å². The maximum Gasteiger partial charge on any atom is 0.0568 e. The summed E-state index contributed by atoms with van der Waals surface area (Å²) in [6.07, 6.45) is 0. The van der Waals surface area contributed by atoms with Crippen molar-refractivity contribution >= 4 is 291 Å². The lowest BCUT2D eigenvalue weighted by Crippen LogP contribution is -2.62. The van der Waals surface area contributed by atoms with Crippen LogP contribution in [0.1, 0.15) is 83.2 Å². The highest BCUT2D eigenvalue weighted by Gasteiger charge is 2.78. The van der Waals surface area contributed by atoms with Gasteiger partial charge < -0.3 is 0 Å². The number of likely N-dealkylation sites (N-methyl/N-ethyl adjacent to an activating group) is 1. The van der Waals surface area contributed by atoms with E-state index in [2.05, 4.69) is 81.2 Å². The topological polar surface area (TPSA) is 3.24 Å². The number of hydrogen-bond acceptors (Lipinski definition) is 1. The number of benzene rings is 20. The van der Waals surface area contributed by atoms with Gasteiger partial charge in [0.05, 0.1) is 5.41 Å². The van der Waals surface area contributed by atoms with Crippen molar-refractivity contribution in [1.82, 2.24) is 4.90 Å². The van der Waals surface area contributed by atoms with Crippen molar-refractivity contribution in [2.75, 3.05) is 13.6 Å². The molecule has 2 bridgehead atoms. The molecule has 0 N–H and O–H groups in total. The summed E-state index contributed by atoms with van der Waals surface area (Å²) >= 11 is 0. The molecule has 0 unspecified atom stereocenters. The van der Waals surface area contributed by atoms with Crippen molar-refractivity contribution in [3.8, 4) is 0 Å². The van der Waals surface area contributed by atoms with Gasteiger partial charge in [0.2, 0.25) is 0 Å². The molecule has 354 valence electrons. The van der Waals surface area contributed by atoms with E-state index in [0.717, 1.165) is 6.54 Å². The molecule has 1 heteroatoms. The van der Waals surface area contributed by atoms with E-state index in [4.69, 9.17) is 0 Å². The Morgan fingerprint density at radius 3 is 0.780 bits per heavy atom. The predicted molar refractivity (Wildman–Crippen MR) is 346 cm³/mol. The highest BCUT2D eigenvalue weighted by molar-refractivity contribution is 6.82. The van der Waals surface area contributed by atoms with E-state index < -0.39 is 0 Å². The zero-order valence-electron chi connectivity index (χ0n) is 44.0. The van der Waals surface area contributed by atoms with Crippen LogP contribution < -0.4 is 0 Å². The lowest BCUT2D eigenvalue weighted by atomic mass is 9.38. The van der Waals surface area contributed by atoms with Crippen molar-refractivity contribution in [2.45, 2.75) is 54.9 Å². The van der Waals surface area contributed by atoms with E-state index in [1.165, 1.54) is 11.1 Å². The Bertz CT molecular complexity index is 7900. The molecule has 1 nitrogen and oxygen atoms in total. The molecule has 2 spiro atoms. The summed E-state index contributed by atoms with van der Waals surface area (Å²) in [5, 5.41) is 90.7. The molecule has 1 saturated heterocycles. The summed E-state index contributed by atoms with van der Waals surface area (Å²) in [4.78, 5) is 3.03. The van der Waals surface area contributed by atoms with Crippen LogP contribution in [0.15, 0.2) is 48.5 Å². The van der Waals surface area contributed by atoms with Crippen molar-refractivity contribution in [3.05, 3.63) is 93.0 Å². The third kappa shape index (κ3) is 1.90. The first kappa shape index (κ1) is 32.9. The molecule has 37 rings (SSSR count). The van der Waals surface area contributed by atoms with Crippen LogP contribution >= 0.6 is 0 Å². The summed E-state index contributed by atoms with van der Waals surface area (Å²) in [6.45, 7) is 8.25. The van der Waals surface area contributed by atoms with E-state index in [1.54, 1.807) is 324 Å². The third-order valence-electron chi connectivity index (χ3n) is 29.5. The summed E-state index contributed by atoms with van der Waals surface area (Å²) in [7, 11) is 2.63. The molecule has 82 heavy (non-hydrogen) atoms. The van der Waals surface area contributed by atoms with Crippen molar-refractivity contribution in [1.29, 1.82) is 0 Å². The van der Waals surface area contributed by atoms with Gasteiger partial charge in [0.1, 0.15) is 0 Å². The zero-order valence-corrected chi connectivity index (χ0v) is 44.0. The predicted octanol–water partition coefficient (Wildman–Crippen LogP) is 21.2. The maximum atomic E-state index is 3.03. The molecule has 30 aromatic carbocycles. The molecule has 7 aliphatic rings. The van der Waals surface area contributed by atoms with Gasteiger partial charge in [-0.05, 0) is 348 Å². The summed E-state index contributed by atoms with van der Waals surface area (Å²) < 4.78 is 0. The summed E-state index contributed by atoms with van der Waals surface area (Å²) in [5.74, 6) is 0.454. The first-order chi connectivity index (χ1) is 40.4. The molecule has 3 atom stereocenters. The average molecular weight is 1010 g/mol. The van der Waals surface area contributed by atoms with Crippen LogP contribution in [-0.2, 0) is 16.2 Å². The fourth-order valence-corrected chi connectivity index (χ4v) is 29.1. The van der Waals surface area contributed by atoms with Crippen LogP contribution in [0.25, 0.3) is 291 Å². The minimum absolute atomic E-state index is 0.0742. The van der Waals surface area contributed by atoms with Crippen LogP contribution in [0, 0.1) is 0 Å². The van der Waals surface area contributed by atoms with Gasteiger partial charge in [0.15, 0.2) is 0 Å². The zero-order chi connectivity index (χ0) is 50.0. The van der Waals surface area contributed by atoms with E-state index in [1.807, 2.05) is 0 Å². The first-order valence-electron chi connectivity index (χ1n) is 31.1. The molecular formula is C81H25N.